The number of ether oxygens (including phenoxy) is 3. The normalized spacial score (nSPS) is 14.9. The average molecular weight is 732 g/mol. The molecule has 1 aliphatic heterocycles. The maximum Gasteiger partial charge on any atom is 0.305 e. The van der Waals surface area contributed by atoms with Gasteiger partial charge in [0.2, 0.25) is 17.7 Å². The third kappa shape index (κ3) is 9.44. The van der Waals surface area contributed by atoms with Gasteiger partial charge >= 0.3 is 5.97 Å². The number of fused-ring (bicyclic) bond motifs is 2. The monoisotopic (exact) mass is 731 g/mol. The molecule has 12 nitrogen and oxygen atoms in total. The summed E-state index contributed by atoms with van der Waals surface area (Å²) in [7, 11) is 1.38. The van der Waals surface area contributed by atoms with E-state index in [9.17, 15) is 19.2 Å². The number of hydrogen-bond donors (Lipinski definition) is 2. The molecule has 1 aliphatic rings. The van der Waals surface area contributed by atoms with Crippen LogP contribution in [0.4, 0.5) is 17.1 Å². The number of esters is 1. The number of benzene rings is 3. The first kappa shape index (κ1) is 38.0. The van der Waals surface area contributed by atoms with E-state index >= 15 is 0 Å². The van der Waals surface area contributed by atoms with Crippen LogP contribution in [0.15, 0.2) is 97.3 Å². The predicted molar refractivity (Wildman–Crippen MR) is 207 cm³/mol. The maximum atomic E-state index is 14.2. The van der Waals surface area contributed by atoms with Crippen LogP contribution in [0.2, 0.25) is 0 Å². The number of nitrogens with zero attached hydrogens (tertiary/aromatic N) is 3. The van der Waals surface area contributed by atoms with E-state index in [1.54, 1.807) is 53.7 Å². The Morgan fingerprint density at radius 3 is 1.87 bits per heavy atom. The molecule has 0 spiro atoms. The molecule has 3 amide bonds. The van der Waals surface area contributed by atoms with Gasteiger partial charge in [-0.15, -0.1) is 0 Å². The van der Waals surface area contributed by atoms with Crippen LogP contribution >= 0.6 is 0 Å². The number of rotatable bonds is 15. The van der Waals surface area contributed by atoms with Gasteiger partial charge < -0.3 is 29.7 Å². The van der Waals surface area contributed by atoms with Crippen molar-refractivity contribution in [3.63, 3.8) is 0 Å². The summed E-state index contributed by atoms with van der Waals surface area (Å²) in [6.45, 7) is 4.26. The van der Waals surface area contributed by atoms with E-state index in [0.29, 0.717) is 65.9 Å². The van der Waals surface area contributed by atoms with E-state index in [1.807, 2.05) is 62.4 Å². The zero-order chi connectivity index (χ0) is 38.1. The van der Waals surface area contributed by atoms with Gasteiger partial charge in [-0.25, -0.2) is 0 Å². The van der Waals surface area contributed by atoms with Crippen LogP contribution in [0.5, 0.6) is 0 Å². The highest BCUT2D eigenvalue weighted by molar-refractivity contribution is 6.17. The second-order valence-corrected chi connectivity index (χ2v) is 13.7. The fourth-order valence-electron chi connectivity index (χ4n) is 6.63. The smallest absolute Gasteiger partial charge is 0.305 e. The van der Waals surface area contributed by atoms with Gasteiger partial charge in [0.1, 0.15) is 12.0 Å². The van der Waals surface area contributed by atoms with Crippen LogP contribution in [-0.2, 0) is 33.4 Å². The molecule has 280 valence electrons. The van der Waals surface area contributed by atoms with Gasteiger partial charge in [0.15, 0.2) is 5.79 Å². The molecule has 2 aromatic heterocycles. The molecule has 12 heteroatoms. The number of para-hydroxylation sites is 2. The molecule has 3 heterocycles. The average Bonchev–Trinajstić information content (AvgIpc) is 3.53. The fourth-order valence-corrected chi connectivity index (χ4v) is 6.63. The Morgan fingerprint density at radius 1 is 0.778 bits per heavy atom. The minimum absolute atomic E-state index is 0.0945. The minimum atomic E-state index is -1.28. The summed E-state index contributed by atoms with van der Waals surface area (Å²) in [5, 5.41) is 7.58. The third-order valence-electron chi connectivity index (χ3n) is 9.35. The number of pyridine rings is 2. The van der Waals surface area contributed by atoms with Crippen molar-refractivity contribution in [1.82, 2.24) is 9.97 Å². The number of nitrogens with one attached hydrogen (secondary N) is 2. The highest BCUT2D eigenvalue weighted by Crippen LogP contribution is 2.30. The lowest BCUT2D eigenvalue weighted by atomic mass is 9.96. The molecular weight excluding hydrogens is 686 g/mol. The van der Waals surface area contributed by atoms with E-state index in [1.165, 1.54) is 7.11 Å². The summed E-state index contributed by atoms with van der Waals surface area (Å²) in [6.07, 6.45) is 6.54. The van der Waals surface area contributed by atoms with E-state index in [2.05, 4.69) is 20.6 Å². The zero-order valence-corrected chi connectivity index (χ0v) is 30.7. The van der Waals surface area contributed by atoms with Crippen molar-refractivity contribution in [3.8, 4) is 0 Å². The summed E-state index contributed by atoms with van der Waals surface area (Å²) >= 11 is 0. The molecular formula is C42H45N5O7. The predicted octanol–water partition coefficient (Wildman–Crippen LogP) is 7.14. The van der Waals surface area contributed by atoms with Gasteiger partial charge in [-0.1, -0.05) is 61.4 Å². The van der Waals surface area contributed by atoms with Crippen LogP contribution in [-0.4, -0.2) is 65.8 Å². The van der Waals surface area contributed by atoms with Crippen molar-refractivity contribution >= 4 is 62.6 Å². The Hall–Kier alpha value is -5.72. The molecule has 54 heavy (non-hydrogen) atoms. The molecule has 1 saturated heterocycles. The van der Waals surface area contributed by atoms with Crippen molar-refractivity contribution in [2.24, 2.45) is 0 Å². The SMILES string of the molecule is COC(=O)CCCCCCC(=O)N(C[C@@H]1COC(C)(C)O1)c1ccc(C(C(=O)Nc2cccc3cccnc23)C(=O)Nc2cccc3cccnc23)cc1. The lowest BCUT2D eigenvalue weighted by molar-refractivity contribution is -0.140. The molecule has 0 saturated carbocycles. The molecule has 1 fully saturated rings. The lowest BCUT2D eigenvalue weighted by Crippen LogP contribution is -2.39. The van der Waals surface area contributed by atoms with Crippen LogP contribution in [0.25, 0.3) is 21.8 Å². The molecule has 0 radical (unpaired) electrons. The van der Waals surface area contributed by atoms with Crippen LogP contribution in [0.3, 0.4) is 0 Å². The van der Waals surface area contributed by atoms with Gasteiger partial charge in [-0.2, -0.15) is 0 Å². The summed E-state index contributed by atoms with van der Waals surface area (Å²) in [6, 6.07) is 25.3. The van der Waals surface area contributed by atoms with Crippen LogP contribution in [0.1, 0.15) is 63.9 Å². The van der Waals surface area contributed by atoms with Gasteiger partial charge in [0.05, 0.1) is 42.7 Å². The highest BCUT2D eigenvalue weighted by atomic mass is 16.7. The van der Waals surface area contributed by atoms with Gasteiger partial charge in [-0.3, -0.25) is 29.1 Å². The van der Waals surface area contributed by atoms with Crippen molar-refractivity contribution in [3.05, 3.63) is 103 Å². The van der Waals surface area contributed by atoms with E-state index < -0.39 is 23.5 Å². The summed E-state index contributed by atoms with van der Waals surface area (Å²) < 4.78 is 16.6. The Morgan fingerprint density at radius 2 is 1.33 bits per heavy atom. The highest BCUT2D eigenvalue weighted by Gasteiger charge is 2.35. The standard InChI is InChI=1S/C42H45N5O7/c1-42(2)53-27-32(54-42)26-47(35(48)18-6-4-5-7-19-36(49)52-3)31-22-20-28(21-23-31)37(40(50)45-33-16-8-12-29-14-10-24-43-38(29)33)41(51)46-34-17-9-13-30-15-11-25-44-39(30)34/h8-17,20-25,32,37H,4-7,18-19,26-27H2,1-3H3,(H,45,50)(H,46,51)/t32-/m1/s1. The van der Waals surface area contributed by atoms with Gasteiger partial charge in [0, 0.05) is 41.7 Å². The van der Waals surface area contributed by atoms with E-state index in [-0.39, 0.29) is 24.5 Å². The topological polar surface area (TPSA) is 149 Å². The first-order valence-corrected chi connectivity index (χ1v) is 18.2. The minimum Gasteiger partial charge on any atom is -0.469 e. The molecule has 2 N–H and O–H groups in total. The Bertz CT molecular complexity index is 2020. The van der Waals surface area contributed by atoms with E-state index in [0.717, 1.165) is 23.6 Å². The van der Waals surface area contributed by atoms with Crippen LogP contribution in [0, 0.1) is 0 Å². The summed E-state index contributed by atoms with van der Waals surface area (Å²) in [4.78, 5) is 64.2. The number of carbonyl (C=O) groups excluding carboxylic acids is 4. The summed E-state index contributed by atoms with van der Waals surface area (Å²) in [5.74, 6) is -3.48. The quantitative estimate of drug-likeness (QED) is 0.0651. The van der Waals surface area contributed by atoms with Gasteiger partial charge in [-0.05, 0) is 68.7 Å². The number of carbonyl (C=O) groups is 4. The van der Waals surface area contributed by atoms with Crippen molar-refractivity contribution in [2.45, 2.75) is 70.2 Å². The number of hydrogen-bond acceptors (Lipinski definition) is 9. The Kier molecular flexibility index (Phi) is 12.3. The molecule has 0 bridgehead atoms. The Labute approximate surface area is 314 Å². The Balaban J connectivity index is 1.26. The zero-order valence-electron chi connectivity index (χ0n) is 30.7. The van der Waals surface area contributed by atoms with Crippen molar-refractivity contribution in [1.29, 1.82) is 0 Å². The van der Waals surface area contributed by atoms with Gasteiger partial charge in [0.25, 0.3) is 0 Å². The van der Waals surface area contributed by atoms with Crippen molar-refractivity contribution in [2.75, 3.05) is 35.8 Å². The number of unbranched alkanes of at least 4 members (excludes halogenated alkanes) is 3. The molecule has 1 atom stereocenters. The molecule has 5 aromatic rings. The van der Waals surface area contributed by atoms with E-state index in [4.69, 9.17) is 14.2 Å². The molecule has 6 rings (SSSR count). The third-order valence-corrected chi connectivity index (χ3v) is 9.35. The fraction of sp³-hybridized carbons (Fsp3) is 0.333. The molecule has 3 aromatic carbocycles. The summed E-state index contributed by atoms with van der Waals surface area (Å²) in [5.41, 5.74) is 3.17. The largest absolute Gasteiger partial charge is 0.469 e. The first-order chi connectivity index (χ1) is 26.1. The molecule has 0 unspecified atom stereocenters. The molecule has 0 aliphatic carbocycles. The van der Waals surface area contributed by atoms with Crippen LogP contribution < -0.4 is 15.5 Å². The number of anilines is 3. The number of methoxy groups -OCH3 is 1. The number of amides is 3. The van der Waals surface area contributed by atoms with Crippen molar-refractivity contribution < 1.29 is 33.4 Å². The maximum absolute atomic E-state index is 14.2. The number of aromatic nitrogens is 2. The first-order valence-electron chi connectivity index (χ1n) is 18.2. The second-order valence-electron chi connectivity index (χ2n) is 13.7. The lowest BCUT2D eigenvalue weighted by Gasteiger charge is -2.27. The second kappa shape index (κ2) is 17.4.